The largest absolute Gasteiger partial charge is 0.444 e. The molecule has 0 atom stereocenters. The molecule has 0 radical (unpaired) electrons. The quantitative estimate of drug-likeness (QED) is 0.310. The minimum atomic E-state index is -0.536. The minimum Gasteiger partial charge on any atom is -0.444 e. The third kappa shape index (κ3) is 7.23. The van der Waals surface area contributed by atoms with Crippen molar-refractivity contribution in [3.63, 3.8) is 0 Å². The lowest BCUT2D eigenvalue weighted by Crippen LogP contribution is -2.35. The van der Waals surface area contributed by atoms with Crippen LogP contribution in [0.3, 0.4) is 0 Å². The van der Waals surface area contributed by atoms with Crippen molar-refractivity contribution >= 4 is 28.8 Å². The summed E-state index contributed by atoms with van der Waals surface area (Å²) in [6, 6.07) is 15.2. The molecule has 0 saturated carbocycles. The summed E-state index contributed by atoms with van der Waals surface area (Å²) in [7, 11) is 0. The second-order valence-electron chi connectivity index (χ2n) is 6.81. The Balaban J connectivity index is 1.92. The van der Waals surface area contributed by atoms with Crippen LogP contribution in [0.25, 0.3) is 0 Å². The molecule has 0 spiro atoms. The highest BCUT2D eigenvalue weighted by Crippen LogP contribution is 2.27. The van der Waals surface area contributed by atoms with Gasteiger partial charge in [-0.05, 0) is 51.1 Å². The molecule has 0 aliphatic heterocycles. The van der Waals surface area contributed by atoms with E-state index in [9.17, 15) is 9.70 Å². The number of para-hydroxylation sites is 1. The summed E-state index contributed by atoms with van der Waals surface area (Å²) in [5, 5.41) is 11.8. The van der Waals surface area contributed by atoms with Crippen molar-refractivity contribution in [3.8, 4) is 0 Å². The molecule has 27 heavy (non-hydrogen) atoms. The van der Waals surface area contributed by atoms with Crippen LogP contribution in [-0.2, 0) is 4.74 Å². The summed E-state index contributed by atoms with van der Waals surface area (Å²) in [5.41, 5.74) is 4.87. The topological polar surface area (TPSA) is 104 Å². The number of nitroso groups, excluding NO2 is 1. The van der Waals surface area contributed by atoms with E-state index in [0.29, 0.717) is 24.5 Å². The lowest BCUT2D eigenvalue weighted by Gasteiger charge is -2.20. The number of carbonyl (C=O) groups excluding carboxylic acids is 1. The molecule has 0 fully saturated rings. The molecule has 2 aromatic rings. The van der Waals surface area contributed by atoms with Crippen LogP contribution in [0.2, 0.25) is 0 Å². The number of rotatable bonds is 8. The number of amides is 1. The number of hydrogen-bond donors (Lipinski definition) is 4. The maximum absolute atomic E-state index is 11.6. The van der Waals surface area contributed by atoms with Crippen molar-refractivity contribution in [1.29, 1.82) is 0 Å². The van der Waals surface area contributed by atoms with Gasteiger partial charge in [0, 0.05) is 24.5 Å². The molecule has 1 amide bonds. The van der Waals surface area contributed by atoms with Gasteiger partial charge in [0.25, 0.3) is 0 Å². The van der Waals surface area contributed by atoms with Gasteiger partial charge in [-0.25, -0.2) is 10.2 Å². The SMILES string of the molecule is CC(C)(C)OC(=O)NCCNc1ccc(Nc2ccccc2)cc1NN=O. The second-order valence-corrected chi connectivity index (χ2v) is 6.81. The maximum atomic E-state index is 11.6. The van der Waals surface area contributed by atoms with Gasteiger partial charge in [0.15, 0.2) is 0 Å². The Labute approximate surface area is 158 Å². The molecule has 144 valence electrons. The van der Waals surface area contributed by atoms with Crippen LogP contribution in [0.4, 0.5) is 27.5 Å². The molecule has 4 N–H and O–H groups in total. The summed E-state index contributed by atoms with van der Waals surface area (Å²) >= 11 is 0. The van der Waals surface area contributed by atoms with Gasteiger partial charge in [-0.3, -0.25) is 0 Å². The van der Waals surface area contributed by atoms with Crippen molar-refractivity contribution in [2.45, 2.75) is 26.4 Å². The molecule has 2 rings (SSSR count). The van der Waals surface area contributed by atoms with Gasteiger partial charge < -0.3 is 20.7 Å². The molecule has 0 saturated heterocycles. The Morgan fingerprint density at radius 3 is 2.41 bits per heavy atom. The molecular formula is C19H25N5O3. The van der Waals surface area contributed by atoms with Crippen LogP contribution in [0, 0.1) is 4.91 Å². The predicted molar refractivity (Wildman–Crippen MR) is 108 cm³/mol. The van der Waals surface area contributed by atoms with E-state index in [2.05, 4.69) is 26.7 Å². The van der Waals surface area contributed by atoms with Gasteiger partial charge in [0.1, 0.15) is 5.60 Å². The van der Waals surface area contributed by atoms with E-state index in [1.807, 2.05) is 42.5 Å². The van der Waals surface area contributed by atoms with Gasteiger partial charge in [-0.1, -0.05) is 18.2 Å². The molecule has 2 aromatic carbocycles. The number of nitrogens with one attached hydrogen (secondary N) is 4. The van der Waals surface area contributed by atoms with E-state index in [1.165, 1.54) is 0 Å². The smallest absolute Gasteiger partial charge is 0.407 e. The monoisotopic (exact) mass is 371 g/mol. The van der Waals surface area contributed by atoms with Gasteiger partial charge in [-0.15, -0.1) is 4.91 Å². The number of alkyl carbamates (subject to hydrolysis) is 1. The van der Waals surface area contributed by atoms with Crippen LogP contribution in [-0.4, -0.2) is 24.8 Å². The number of carbonyl (C=O) groups is 1. The van der Waals surface area contributed by atoms with Crippen molar-refractivity contribution in [3.05, 3.63) is 53.4 Å². The van der Waals surface area contributed by atoms with Crippen LogP contribution in [0.15, 0.2) is 53.8 Å². The van der Waals surface area contributed by atoms with Gasteiger partial charge in [0.2, 0.25) is 0 Å². The molecule has 0 aliphatic rings. The predicted octanol–water partition coefficient (Wildman–Crippen LogP) is 4.46. The summed E-state index contributed by atoms with van der Waals surface area (Å²) in [6.07, 6.45) is -0.473. The summed E-state index contributed by atoms with van der Waals surface area (Å²) < 4.78 is 5.17. The lowest BCUT2D eigenvalue weighted by molar-refractivity contribution is 0.0530. The van der Waals surface area contributed by atoms with E-state index in [4.69, 9.17) is 4.74 Å². The first-order chi connectivity index (χ1) is 12.9. The zero-order valence-corrected chi connectivity index (χ0v) is 15.7. The zero-order chi connectivity index (χ0) is 19.7. The summed E-state index contributed by atoms with van der Waals surface area (Å²) in [5.74, 6) is 0. The van der Waals surface area contributed by atoms with Crippen LogP contribution >= 0.6 is 0 Å². The molecular weight excluding hydrogens is 346 g/mol. The molecule has 8 nitrogen and oxygen atoms in total. The second kappa shape index (κ2) is 9.42. The fourth-order valence-electron chi connectivity index (χ4n) is 2.28. The first-order valence-electron chi connectivity index (χ1n) is 8.62. The first-order valence-corrected chi connectivity index (χ1v) is 8.62. The van der Waals surface area contributed by atoms with Crippen molar-refractivity contribution in [2.24, 2.45) is 5.29 Å². The molecule has 8 heteroatoms. The number of benzene rings is 2. The van der Waals surface area contributed by atoms with Gasteiger partial charge in [0.05, 0.1) is 16.7 Å². The van der Waals surface area contributed by atoms with Crippen LogP contribution < -0.4 is 21.4 Å². The highest BCUT2D eigenvalue weighted by atomic mass is 16.6. The third-order valence-corrected chi connectivity index (χ3v) is 3.36. The van der Waals surface area contributed by atoms with Crippen LogP contribution in [0.5, 0.6) is 0 Å². The van der Waals surface area contributed by atoms with Gasteiger partial charge >= 0.3 is 6.09 Å². The van der Waals surface area contributed by atoms with E-state index < -0.39 is 11.7 Å². The molecule has 0 aromatic heterocycles. The van der Waals surface area contributed by atoms with Crippen molar-refractivity contribution in [2.75, 3.05) is 29.1 Å². The average molecular weight is 371 g/mol. The van der Waals surface area contributed by atoms with Crippen molar-refractivity contribution in [1.82, 2.24) is 5.32 Å². The third-order valence-electron chi connectivity index (χ3n) is 3.36. The van der Waals surface area contributed by atoms with E-state index in [0.717, 1.165) is 11.4 Å². The Bertz CT molecular complexity index is 760. The van der Waals surface area contributed by atoms with E-state index >= 15 is 0 Å². The standard InChI is InChI=1S/C19H25N5O3/c1-19(2,3)27-18(25)21-12-11-20-16-10-9-15(13-17(16)23-24-26)22-14-7-5-4-6-8-14/h4-10,13,20,22H,11-12H2,1-3H3,(H,21,25)(H,23,26). The van der Waals surface area contributed by atoms with Crippen molar-refractivity contribution < 1.29 is 9.53 Å². The number of ether oxygens (including phenoxy) is 1. The highest BCUT2D eigenvalue weighted by Gasteiger charge is 2.15. The molecule has 0 unspecified atom stereocenters. The molecule has 0 heterocycles. The molecule has 0 aliphatic carbocycles. The minimum absolute atomic E-state index is 0.368. The number of hydrogen-bond acceptors (Lipinski definition) is 6. The summed E-state index contributed by atoms with van der Waals surface area (Å²) in [4.78, 5) is 22.3. The Morgan fingerprint density at radius 1 is 1.00 bits per heavy atom. The normalized spacial score (nSPS) is 10.6. The maximum Gasteiger partial charge on any atom is 0.407 e. The Kier molecular flexibility index (Phi) is 6.99. The highest BCUT2D eigenvalue weighted by molar-refractivity contribution is 5.75. The lowest BCUT2D eigenvalue weighted by atomic mass is 10.2. The van der Waals surface area contributed by atoms with E-state index in [1.54, 1.807) is 26.8 Å². The Morgan fingerprint density at radius 2 is 1.74 bits per heavy atom. The van der Waals surface area contributed by atoms with Crippen LogP contribution in [0.1, 0.15) is 20.8 Å². The van der Waals surface area contributed by atoms with E-state index in [-0.39, 0.29) is 0 Å². The number of nitrogens with zero attached hydrogens (tertiary/aromatic N) is 1. The molecule has 0 bridgehead atoms. The number of anilines is 4. The average Bonchev–Trinajstić information content (AvgIpc) is 2.60. The first kappa shape index (κ1) is 20.0. The fraction of sp³-hybridized carbons (Fsp3) is 0.316. The summed E-state index contributed by atoms with van der Waals surface area (Å²) in [6.45, 7) is 6.24. The van der Waals surface area contributed by atoms with Gasteiger partial charge in [-0.2, -0.15) is 0 Å². The zero-order valence-electron chi connectivity index (χ0n) is 15.7. The fourth-order valence-corrected chi connectivity index (χ4v) is 2.28. The Hall–Kier alpha value is -3.29.